The van der Waals surface area contributed by atoms with E-state index in [2.05, 4.69) is 5.32 Å². The topological polar surface area (TPSA) is 56.8 Å². The van der Waals surface area contributed by atoms with E-state index in [9.17, 15) is 4.79 Å². The molecule has 3 rings (SSSR count). The molecule has 134 valence electrons. The number of amides is 1. The second-order valence-corrected chi connectivity index (χ2v) is 5.79. The van der Waals surface area contributed by atoms with Crippen molar-refractivity contribution in [1.82, 2.24) is 0 Å². The van der Waals surface area contributed by atoms with Gasteiger partial charge in [0.2, 0.25) is 0 Å². The van der Waals surface area contributed by atoms with E-state index in [-0.39, 0.29) is 5.91 Å². The van der Waals surface area contributed by atoms with Crippen LogP contribution in [-0.4, -0.2) is 26.2 Å². The van der Waals surface area contributed by atoms with Gasteiger partial charge in [-0.15, -0.1) is 0 Å². The zero-order chi connectivity index (χ0) is 18.5. The van der Waals surface area contributed by atoms with Crippen LogP contribution in [0.4, 0.5) is 5.69 Å². The van der Waals surface area contributed by atoms with Gasteiger partial charge in [0.1, 0.15) is 17.2 Å². The quantitative estimate of drug-likeness (QED) is 0.721. The first-order valence-corrected chi connectivity index (χ1v) is 8.29. The maximum atomic E-state index is 12.6. The monoisotopic (exact) mass is 351 g/mol. The number of rotatable bonds is 6. The van der Waals surface area contributed by atoms with Gasteiger partial charge in [-0.25, -0.2) is 0 Å². The van der Waals surface area contributed by atoms with E-state index in [0.29, 0.717) is 22.9 Å². The van der Waals surface area contributed by atoms with Gasteiger partial charge in [0.05, 0.1) is 19.9 Å². The number of anilines is 1. The largest absolute Gasteiger partial charge is 0.497 e. The highest BCUT2D eigenvalue weighted by molar-refractivity contribution is 5.96. The molecule has 5 nitrogen and oxygen atoms in total. The highest BCUT2D eigenvalue weighted by Crippen LogP contribution is 2.30. The maximum absolute atomic E-state index is 12.6. The summed E-state index contributed by atoms with van der Waals surface area (Å²) in [5.74, 6) is 1.59. The van der Waals surface area contributed by atoms with Crippen LogP contribution >= 0.6 is 0 Å². The lowest BCUT2D eigenvalue weighted by Crippen LogP contribution is -2.30. The first-order valence-electron chi connectivity index (χ1n) is 8.29. The van der Waals surface area contributed by atoms with Crippen LogP contribution in [0.15, 0.2) is 60.7 Å². The van der Waals surface area contributed by atoms with E-state index >= 15 is 0 Å². The molecule has 0 bridgehead atoms. The molecule has 0 spiro atoms. The SMILES string of the molecule is COc1ccc(NC(=O)C(C)Oc2cccc3ccccc23)c(OC)c1. The Hall–Kier alpha value is -3.21. The molecule has 0 saturated heterocycles. The van der Waals surface area contributed by atoms with Crippen molar-refractivity contribution >= 4 is 22.4 Å². The fraction of sp³-hybridized carbons (Fsp3) is 0.190. The lowest BCUT2D eigenvalue weighted by atomic mass is 10.1. The molecule has 1 N–H and O–H groups in total. The third-order valence-electron chi connectivity index (χ3n) is 4.09. The van der Waals surface area contributed by atoms with Gasteiger partial charge < -0.3 is 19.5 Å². The Labute approximate surface area is 152 Å². The predicted octanol–water partition coefficient (Wildman–Crippen LogP) is 4.26. The lowest BCUT2D eigenvalue weighted by Gasteiger charge is -2.17. The summed E-state index contributed by atoms with van der Waals surface area (Å²) in [6, 6.07) is 18.9. The summed E-state index contributed by atoms with van der Waals surface area (Å²) in [5.41, 5.74) is 0.562. The van der Waals surface area contributed by atoms with Gasteiger partial charge in [-0.3, -0.25) is 4.79 Å². The summed E-state index contributed by atoms with van der Waals surface area (Å²) in [4.78, 5) is 12.6. The number of hydrogen-bond acceptors (Lipinski definition) is 4. The Morgan fingerprint density at radius 1 is 0.923 bits per heavy atom. The van der Waals surface area contributed by atoms with E-state index in [1.165, 1.54) is 0 Å². The lowest BCUT2D eigenvalue weighted by molar-refractivity contribution is -0.122. The molecular formula is C21H21NO4. The van der Waals surface area contributed by atoms with Crippen LogP contribution in [0.3, 0.4) is 0 Å². The average Bonchev–Trinajstić information content (AvgIpc) is 2.68. The average molecular weight is 351 g/mol. The number of nitrogens with one attached hydrogen (secondary N) is 1. The van der Waals surface area contributed by atoms with Gasteiger partial charge in [-0.2, -0.15) is 0 Å². The molecule has 0 aliphatic carbocycles. The van der Waals surface area contributed by atoms with E-state index in [1.54, 1.807) is 39.3 Å². The van der Waals surface area contributed by atoms with Crippen molar-refractivity contribution in [1.29, 1.82) is 0 Å². The molecule has 0 aromatic heterocycles. The highest BCUT2D eigenvalue weighted by atomic mass is 16.5. The Morgan fingerprint density at radius 2 is 1.69 bits per heavy atom. The van der Waals surface area contributed by atoms with E-state index in [0.717, 1.165) is 10.8 Å². The molecule has 0 radical (unpaired) electrons. The van der Waals surface area contributed by atoms with Crippen molar-refractivity contribution in [2.24, 2.45) is 0 Å². The first kappa shape index (κ1) is 17.6. The summed E-state index contributed by atoms with van der Waals surface area (Å²) < 4.78 is 16.4. The summed E-state index contributed by atoms with van der Waals surface area (Å²) in [5, 5.41) is 4.87. The minimum atomic E-state index is -0.674. The van der Waals surface area contributed by atoms with Gasteiger partial charge >= 0.3 is 0 Å². The second kappa shape index (κ2) is 7.78. The van der Waals surface area contributed by atoms with Crippen LogP contribution in [0.1, 0.15) is 6.92 Å². The summed E-state index contributed by atoms with van der Waals surface area (Å²) in [7, 11) is 3.12. The normalized spacial score (nSPS) is 11.7. The van der Waals surface area contributed by atoms with E-state index < -0.39 is 6.10 Å². The Kier molecular flexibility index (Phi) is 5.27. The molecule has 1 amide bonds. The van der Waals surface area contributed by atoms with Crippen molar-refractivity contribution < 1.29 is 19.0 Å². The Balaban J connectivity index is 1.76. The maximum Gasteiger partial charge on any atom is 0.265 e. The number of methoxy groups -OCH3 is 2. The number of hydrogen-bond donors (Lipinski definition) is 1. The molecule has 26 heavy (non-hydrogen) atoms. The zero-order valence-electron chi connectivity index (χ0n) is 15.0. The zero-order valence-corrected chi connectivity index (χ0v) is 15.0. The molecular weight excluding hydrogens is 330 g/mol. The number of carbonyl (C=O) groups excluding carboxylic acids is 1. The standard InChI is InChI=1S/C21H21NO4/c1-14(26-19-10-6-8-15-7-4-5-9-17(15)19)21(23)22-18-12-11-16(24-2)13-20(18)25-3/h4-14H,1-3H3,(H,22,23). The molecule has 0 saturated carbocycles. The number of fused-ring (bicyclic) bond motifs is 1. The molecule has 0 aliphatic rings. The fourth-order valence-electron chi connectivity index (χ4n) is 2.68. The summed E-state index contributed by atoms with van der Waals surface area (Å²) >= 11 is 0. The third-order valence-corrected chi connectivity index (χ3v) is 4.09. The third kappa shape index (κ3) is 3.72. The smallest absolute Gasteiger partial charge is 0.265 e. The molecule has 0 heterocycles. The van der Waals surface area contributed by atoms with Crippen LogP contribution in [-0.2, 0) is 4.79 Å². The highest BCUT2D eigenvalue weighted by Gasteiger charge is 2.18. The van der Waals surface area contributed by atoms with Gasteiger partial charge in [0, 0.05) is 11.5 Å². The van der Waals surface area contributed by atoms with E-state index in [1.807, 2.05) is 42.5 Å². The van der Waals surface area contributed by atoms with Gasteiger partial charge in [0.15, 0.2) is 6.10 Å². The summed E-state index contributed by atoms with van der Waals surface area (Å²) in [6.45, 7) is 1.72. The van der Waals surface area contributed by atoms with E-state index in [4.69, 9.17) is 14.2 Å². The molecule has 3 aromatic rings. The predicted molar refractivity (Wildman–Crippen MR) is 102 cm³/mol. The minimum absolute atomic E-state index is 0.263. The van der Waals surface area contributed by atoms with Gasteiger partial charge in [-0.1, -0.05) is 36.4 Å². The number of carbonyl (C=O) groups is 1. The minimum Gasteiger partial charge on any atom is -0.497 e. The van der Waals surface area contributed by atoms with Crippen molar-refractivity contribution in [2.45, 2.75) is 13.0 Å². The Bertz CT molecular complexity index is 918. The second-order valence-electron chi connectivity index (χ2n) is 5.79. The molecule has 3 aromatic carbocycles. The van der Waals surface area contributed by atoms with Crippen LogP contribution in [0.2, 0.25) is 0 Å². The molecule has 1 atom stereocenters. The first-order chi connectivity index (χ1) is 12.6. The Morgan fingerprint density at radius 3 is 2.46 bits per heavy atom. The molecule has 1 unspecified atom stereocenters. The number of benzene rings is 3. The number of ether oxygens (including phenoxy) is 3. The molecule has 5 heteroatoms. The molecule has 0 aliphatic heterocycles. The van der Waals surface area contributed by atoms with Crippen LogP contribution in [0.25, 0.3) is 10.8 Å². The van der Waals surface area contributed by atoms with Crippen LogP contribution in [0.5, 0.6) is 17.2 Å². The molecule has 0 fully saturated rings. The van der Waals surface area contributed by atoms with Crippen molar-refractivity contribution in [3.05, 3.63) is 60.7 Å². The van der Waals surface area contributed by atoms with Crippen LogP contribution < -0.4 is 19.5 Å². The fourth-order valence-corrected chi connectivity index (χ4v) is 2.68. The summed E-state index contributed by atoms with van der Waals surface area (Å²) in [6.07, 6.45) is -0.674. The van der Waals surface area contributed by atoms with Gasteiger partial charge in [-0.05, 0) is 30.5 Å². The van der Waals surface area contributed by atoms with Crippen molar-refractivity contribution in [2.75, 3.05) is 19.5 Å². The van der Waals surface area contributed by atoms with Crippen molar-refractivity contribution in [3.8, 4) is 17.2 Å². The van der Waals surface area contributed by atoms with Gasteiger partial charge in [0.25, 0.3) is 5.91 Å². The van der Waals surface area contributed by atoms with Crippen LogP contribution in [0, 0.1) is 0 Å². The van der Waals surface area contributed by atoms with Crippen molar-refractivity contribution in [3.63, 3.8) is 0 Å².